The molecule has 134 valence electrons. The smallest absolute Gasteiger partial charge is 0.340 e. The monoisotopic (exact) mass is 365 g/mol. The molecule has 1 aromatic carbocycles. The van der Waals surface area contributed by atoms with Gasteiger partial charge in [-0.2, -0.15) is 5.26 Å². The van der Waals surface area contributed by atoms with Crippen molar-refractivity contribution in [2.75, 3.05) is 17.6 Å². The number of anilines is 1. The molecule has 0 spiro atoms. The van der Waals surface area contributed by atoms with Crippen molar-refractivity contribution in [3.8, 4) is 6.07 Å². The van der Waals surface area contributed by atoms with Crippen molar-refractivity contribution >= 4 is 27.6 Å². The fourth-order valence-corrected chi connectivity index (χ4v) is 2.94. The zero-order chi connectivity index (χ0) is 18.7. The second kappa shape index (κ2) is 7.11. The summed E-state index contributed by atoms with van der Waals surface area (Å²) in [6.45, 7) is 1.08. The number of amides is 1. The molecule has 2 rings (SSSR count). The van der Waals surface area contributed by atoms with E-state index in [-0.39, 0.29) is 17.2 Å². The fourth-order valence-electron chi connectivity index (χ4n) is 2.37. The zero-order valence-corrected chi connectivity index (χ0v) is 14.7. The maximum absolute atomic E-state index is 12.1. The van der Waals surface area contributed by atoms with Gasteiger partial charge in [-0.15, -0.1) is 0 Å². The van der Waals surface area contributed by atoms with E-state index in [0.717, 1.165) is 19.1 Å². The summed E-state index contributed by atoms with van der Waals surface area (Å²) in [4.78, 5) is 24.1. The third-order valence-electron chi connectivity index (χ3n) is 3.80. The van der Waals surface area contributed by atoms with Gasteiger partial charge in [0.05, 0.1) is 23.6 Å². The van der Waals surface area contributed by atoms with Crippen LogP contribution < -0.4 is 10.0 Å². The Morgan fingerprint density at radius 1 is 1.36 bits per heavy atom. The van der Waals surface area contributed by atoms with Crippen molar-refractivity contribution in [2.45, 2.75) is 25.3 Å². The first-order valence-corrected chi connectivity index (χ1v) is 9.50. The largest absolute Gasteiger partial charge is 0.452 e. The number of hydrogen-bond donors (Lipinski definition) is 2. The van der Waals surface area contributed by atoms with Gasteiger partial charge in [-0.25, -0.2) is 13.2 Å². The molecule has 1 saturated carbocycles. The van der Waals surface area contributed by atoms with Crippen LogP contribution in [0.4, 0.5) is 5.69 Å². The van der Waals surface area contributed by atoms with Gasteiger partial charge >= 0.3 is 5.97 Å². The molecule has 0 bridgehead atoms. The van der Waals surface area contributed by atoms with Crippen molar-refractivity contribution in [1.29, 1.82) is 5.26 Å². The van der Waals surface area contributed by atoms with Crippen LogP contribution in [0.5, 0.6) is 0 Å². The average molecular weight is 365 g/mol. The Hall–Kier alpha value is -2.60. The number of esters is 1. The summed E-state index contributed by atoms with van der Waals surface area (Å²) >= 11 is 0. The molecule has 1 aliphatic carbocycles. The SMILES string of the molecule is C[C@](C#N)(NC(=O)COC(=O)c1ccccc1NS(C)(=O)=O)C1CC1. The summed E-state index contributed by atoms with van der Waals surface area (Å²) in [6.07, 6.45) is 2.70. The average Bonchev–Trinajstić information content (AvgIpc) is 3.37. The lowest BCUT2D eigenvalue weighted by Gasteiger charge is -2.22. The Kier molecular flexibility index (Phi) is 5.33. The van der Waals surface area contributed by atoms with Crippen LogP contribution in [-0.2, 0) is 19.6 Å². The first kappa shape index (κ1) is 18.7. The molecular formula is C16H19N3O5S. The Balaban J connectivity index is 1.99. The number of ether oxygens (including phenoxy) is 1. The van der Waals surface area contributed by atoms with E-state index in [2.05, 4.69) is 16.1 Å². The Morgan fingerprint density at radius 2 is 2.00 bits per heavy atom. The van der Waals surface area contributed by atoms with E-state index in [1.807, 2.05) is 0 Å². The first-order valence-electron chi connectivity index (χ1n) is 7.61. The minimum atomic E-state index is -3.57. The number of carbonyl (C=O) groups excluding carboxylic acids is 2. The van der Waals surface area contributed by atoms with Crippen LogP contribution in [-0.4, -0.2) is 38.7 Å². The molecule has 0 aliphatic heterocycles. The van der Waals surface area contributed by atoms with Crippen LogP contribution in [0.15, 0.2) is 24.3 Å². The molecule has 0 aromatic heterocycles. The summed E-state index contributed by atoms with van der Waals surface area (Å²) in [7, 11) is -3.57. The van der Waals surface area contributed by atoms with E-state index in [1.54, 1.807) is 19.1 Å². The normalized spacial score (nSPS) is 16.2. The highest BCUT2D eigenvalue weighted by Crippen LogP contribution is 2.39. The third-order valence-corrected chi connectivity index (χ3v) is 4.39. The predicted octanol–water partition coefficient (Wildman–Crippen LogP) is 1.02. The predicted molar refractivity (Wildman–Crippen MR) is 90.1 cm³/mol. The number of nitrogens with zero attached hydrogens (tertiary/aromatic N) is 1. The number of hydrogen-bond acceptors (Lipinski definition) is 6. The van der Waals surface area contributed by atoms with E-state index in [4.69, 9.17) is 4.74 Å². The minimum Gasteiger partial charge on any atom is -0.452 e. The number of para-hydroxylation sites is 1. The maximum atomic E-state index is 12.1. The lowest BCUT2D eigenvalue weighted by Crippen LogP contribution is -2.48. The van der Waals surface area contributed by atoms with Gasteiger partial charge in [0, 0.05) is 0 Å². The number of sulfonamides is 1. The van der Waals surface area contributed by atoms with Crippen LogP contribution in [0.25, 0.3) is 0 Å². The molecule has 1 aromatic rings. The zero-order valence-electron chi connectivity index (χ0n) is 13.9. The molecule has 0 heterocycles. The van der Waals surface area contributed by atoms with Crippen molar-refractivity contribution in [3.63, 3.8) is 0 Å². The molecule has 0 saturated heterocycles. The third kappa shape index (κ3) is 5.19. The van der Waals surface area contributed by atoms with Crippen LogP contribution in [0.2, 0.25) is 0 Å². The highest BCUT2D eigenvalue weighted by atomic mass is 32.2. The van der Waals surface area contributed by atoms with E-state index >= 15 is 0 Å². The highest BCUT2D eigenvalue weighted by Gasteiger charge is 2.43. The first-order chi connectivity index (χ1) is 11.6. The summed E-state index contributed by atoms with van der Waals surface area (Å²) in [6, 6.07) is 7.98. The topological polar surface area (TPSA) is 125 Å². The molecule has 9 heteroatoms. The minimum absolute atomic E-state index is 0.00837. The molecule has 0 unspecified atom stereocenters. The lowest BCUT2D eigenvalue weighted by molar-refractivity contribution is -0.125. The summed E-state index contributed by atoms with van der Waals surface area (Å²) in [5, 5.41) is 11.8. The van der Waals surface area contributed by atoms with E-state index < -0.39 is 34.0 Å². The van der Waals surface area contributed by atoms with Crippen LogP contribution in [0, 0.1) is 17.2 Å². The van der Waals surface area contributed by atoms with Crippen molar-refractivity contribution in [2.24, 2.45) is 5.92 Å². The standard InChI is InChI=1S/C16H19N3O5S/c1-16(10-17,11-7-8-11)18-14(20)9-24-15(21)12-5-3-4-6-13(12)19-25(2,22)23/h3-6,11,19H,7-9H2,1-2H3,(H,18,20)/t16-/m1/s1. The summed E-state index contributed by atoms with van der Waals surface area (Å²) < 4.78 is 29.8. The van der Waals surface area contributed by atoms with Gasteiger partial charge in [-0.05, 0) is 37.8 Å². The number of nitriles is 1. The number of carbonyl (C=O) groups is 2. The molecule has 1 aliphatic rings. The molecule has 1 amide bonds. The Labute approximate surface area is 146 Å². The summed E-state index contributed by atoms with van der Waals surface area (Å²) in [5.74, 6) is -1.32. The molecule has 8 nitrogen and oxygen atoms in total. The van der Waals surface area contributed by atoms with Crippen LogP contribution in [0.3, 0.4) is 0 Å². The number of rotatable bonds is 7. The van der Waals surface area contributed by atoms with Gasteiger partial charge in [-0.1, -0.05) is 12.1 Å². The van der Waals surface area contributed by atoms with Gasteiger partial charge in [-0.3, -0.25) is 9.52 Å². The van der Waals surface area contributed by atoms with Gasteiger partial charge in [0.25, 0.3) is 5.91 Å². The second-order valence-corrected chi connectivity index (χ2v) is 7.88. The van der Waals surface area contributed by atoms with E-state index in [1.165, 1.54) is 12.1 Å². The molecule has 0 radical (unpaired) electrons. The lowest BCUT2D eigenvalue weighted by atomic mass is 9.98. The number of nitrogens with one attached hydrogen (secondary N) is 2. The van der Waals surface area contributed by atoms with Gasteiger partial charge < -0.3 is 10.1 Å². The van der Waals surface area contributed by atoms with E-state index in [0.29, 0.717) is 0 Å². The molecule has 2 N–H and O–H groups in total. The maximum Gasteiger partial charge on any atom is 0.340 e. The Morgan fingerprint density at radius 3 is 2.56 bits per heavy atom. The molecule has 1 fully saturated rings. The van der Waals surface area contributed by atoms with Crippen molar-refractivity contribution in [3.05, 3.63) is 29.8 Å². The highest BCUT2D eigenvalue weighted by molar-refractivity contribution is 7.92. The number of benzene rings is 1. The van der Waals surface area contributed by atoms with Gasteiger partial charge in [0.2, 0.25) is 10.0 Å². The van der Waals surface area contributed by atoms with Crippen LogP contribution >= 0.6 is 0 Å². The summed E-state index contributed by atoms with van der Waals surface area (Å²) in [5.41, 5.74) is -0.916. The molecule has 1 atom stereocenters. The van der Waals surface area contributed by atoms with Crippen molar-refractivity contribution < 1.29 is 22.7 Å². The van der Waals surface area contributed by atoms with E-state index in [9.17, 15) is 23.3 Å². The Bertz CT molecular complexity index is 826. The fraction of sp³-hybridized carbons (Fsp3) is 0.438. The quantitative estimate of drug-likeness (QED) is 0.695. The molecule has 25 heavy (non-hydrogen) atoms. The van der Waals surface area contributed by atoms with Gasteiger partial charge in [0.1, 0.15) is 5.54 Å². The van der Waals surface area contributed by atoms with Crippen LogP contribution in [0.1, 0.15) is 30.1 Å². The molecular weight excluding hydrogens is 346 g/mol. The second-order valence-electron chi connectivity index (χ2n) is 6.13. The van der Waals surface area contributed by atoms with Crippen molar-refractivity contribution in [1.82, 2.24) is 5.32 Å². The van der Waals surface area contributed by atoms with Gasteiger partial charge in [0.15, 0.2) is 6.61 Å².